The molecule has 0 atom stereocenters. The summed E-state index contributed by atoms with van der Waals surface area (Å²) in [7, 11) is 2.28. The predicted octanol–water partition coefficient (Wildman–Crippen LogP) is 3.60. The first-order valence-corrected chi connectivity index (χ1v) is 7.68. The van der Waals surface area contributed by atoms with Crippen molar-refractivity contribution in [1.29, 1.82) is 0 Å². The SMILES string of the molecule is CN(CCOC1CCCCC1)C1CCCCC1. The summed E-state index contributed by atoms with van der Waals surface area (Å²) in [4.78, 5) is 2.53. The van der Waals surface area contributed by atoms with Gasteiger partial charge in [-0.25, -0.2) is 0 Å². The van der Waals surface area contributed by atoms with Crippen molar-refractivity contribution >= 4 is 0 Å². The van der Waals surface area contributed by atoms with Crippen LogP contribution < -0.4 is 0 Å². The zero-order valence-electron chi connectivity index (χ0n) is 11.5. The Bertz CT molecular complexity index is 195. The van der Waals surface area contributed by atoms with Gasteiger partial charge in [-0.15, -0.1) is 0 Å². The van der Waals surface area contributed by atoms with E-state index in [-0.39, 0.29) is 0 Å². The quantitative estimate of drug-likeness (QED) is 0.727. The smallest absolute Gasteiger partial charge is 0.0597 e. The first-order valence-electron chi connectivity index (χ1n) is 7.68. The van der Waals surface area contributed by atoms with Gasteiger partial charge in [0.2, 0.25) is 0 Å². The monoisotopic (exact) mass is 239 g/mol. The Kier molecular flexibility index (Phi) is 5.79. The van der Waals surface area contributed by atoms with Gasteiger partial charge in [-0.2, -0.15) is 0 Å². The molecular weight excluding hydrogens is 210 g/mol. The second kappa shape index (κ2) is 7.38. The standard InChI is InChI=1S/C15H29NO/c1-16(14-8-4-2-5-9-14)12-13-17-15-10-6-3-7-11-15/h14-15H,2-13H2,1H3. The van der Waals surface area contributed by atoms with Gasteiger partial charge in [-0.1, -0.05) is 38.5 Å². The lowest BCUT2D eigenvalue weighted by molar-refractivity contribution is 0.0122. The van der Waals surface area contributed by atoms with Gasteiger partial charge in [-0.05, 0) is 32.7 Å². The molecule has 2 saturated carbocycles. The molecule has 0 aliphatic heterocycles. The van der Waals surface area contributed by atoms with E-state index in [0.29, 0.717) is 6.10 Å². The highest BCUT2D eigenvalue weighted by Crippen LogP contribution is 2.22. The topological polar surface area (TPSA) is 12.5 Å². The van der Waals surface area contributed by atoms with E-state index in [4.69, 9.17) is 4.74 Å². The molecule has 2 aliphatic rings. The van der Waals surface area contributed by atoms with E-state index in [0.717, 1.165) is 19.2 Å². The van der Waals surface area contributed by atoms with Gasteiger partial charge in [0.25, 0.3) is 0 Å². The van der Waals surface area contributed by atoms with Crippen molar-refractivity contribution in [3.8, 4) is 0 Å². The maximum atomic E-state index is 6.00. The average molecular weight is 239 g/mol. The van der Waals surface area contributed by atoms with E-state index in [1.807, 2.05) is 0 Å². The van der Waals surface area contributed by atoms with E-state index in [1.54, 1.807) is 0 Å². The van der Waals surface area contributed by atoms with Crippen molar-refractivity contribution in [3.05, 3.63) is 0 Å². The molecule has 2 nitrogen and oxygen atoms in total. The van der Waals surface area contributed by atoms with Crippen LogP contribution in [0.4, 0.5) is 0 Å². The lowest BCUT2D eigenvalue weighted by atomic mass is 9.94. The van der Waals surface area contributed by atoms with E-state index >= 15 is 0 Å². The van der Waals surface area contributed by atoms with Crippen molar-refractivity contribution < 1.29 is 4.74 Å². The van der Waals surface area contributed by atoms with E-state index < -0.39 is 0 Å². The third-order valence-corrected chi connectivity index (χ3v) is 4.55. The third-order valence-electron chi connectivity index (χ3n) is 4.55. The Morgan fingerprint density at radius 1 is 0.882 bits per heavy atom. The summed E-state index contributed by atoms with van der Waals surface area (Å²) >= 11 is 0. The highest BCUT2D eigenvalue weighted by molar-refractivity contribution is 4.73. The number of ether oxygens (including phenoxy) is 1. The van der Waals surface area contributed by atoms with Gasteiger partial charge in [0.15, 0.2) is 0 Å². The molecule has 100 valence electrons. The van der Waals surface area contributed by atoms with E-state index in [2.05, 4.69) is 11.9 Å². The van der Waals surface area contributed by atoms with Crippen molar-refractivity contribution in [2.75, 3.05) is 20.2 Å². The number of nitrogens with zero attached hydrogens (tertiary/aromatic N) is 1. The fourth-order valence-electron chi connectivity index (χ4n) is 3.30. The molecule has 2 fully saturated rings. The first-order chi connectivity index (χ1) is 8.36. The molecular formula is C15H29NO. The van der Waals surface area contributed by atoms with Gasteiger partial charge >= 0.3 is 0 Å². The summed E-state index contributed by atoms with van der Waals surface area (Å²) in [6, 6.07) is 0.832. The second-order valence-corrected chi connectivity index (χ2v) is 5.90. The van der Waals surface area contributed by atoms with Crippen LogP contribution in [0.15, 0.2) is 0 Å². The van der Waals surface area contributed by atoms with Crippen LogP contribution in [-0.4, -0.2) is 37.2 Å². The number of hydrogen-bond acceptors (Lipinski definition) is 2. The number of hydrogen-bond donors (Lipinski definition) is 0. The Hall–Kier alpha value is -0.0800. The van der Waals surface area contributed by atoms with Crippen LogP contribution >= 0.6 is 0 Å². The highest BCUT2D eigenvalue weighted by Gasteiger charge is 2.18. The zero-order valence-corrected chi connectivity index (χ0v) is 11.5. The zero-order chi connectivity index (χ0) is 11.9. The summed E-state index contributed by atoms with van der Waals surface area (Å²) in [6.45, 7) is 2.07. The molecule has 0 bridgehead atoms. The van der Waals surface area contributed by atoms with Crippen LogP contribution in [0.5, 0.6) is 0 Å². The molecule has 0 aromatic heterocycles. The maximum absolute atomic E-state index is 6.00. The minimum atomic E-state index is 0.573. The normalized spacial score (nSPS) is 24.4. The van der Waals surface area contributed by atoms with Crippen LogP contribution in [0, 0.1) is 0 Å². The van der Waals surface area contributed by atoms with Crippen LogP contribution in [0.3, 0.4) is 0 Å². The summed E-state index contributed by atoms with van der Waals surface area (Å²) in [6.07, 6.45) is 14.5. The molecule has 0 unspecified atom stereocenters. The molecule has 0 spiro atoms. The lowest BCUT2D eigenvalue weighted by Crippen LogP contribution is -2.36. The fourth-order valence-corrected chi connectivity index (χ4v) is 3.30. The Balaban J connectivity index is 1.57. The van der Waals surface area contributed by atoms with E-state index in [1.165, 1.54) is 64.2 Å². The molecule has 0 aromatic carbocycles. The Labute approximate surface area is 107 Å². The Morgan fingerprint density at radius 3 is 2.12 bits per heavy atom. The van der Waals surface area contributed by atoms with Crippen LogP contribution in [0.1, 0.15) is 64.2 Å². The van der Waals surface area contributed by atoms with Crippen molar-refractivity contribution in [2.24, 2.45) is 0 Å². The summed E-state index contributed by atoms with van der Waals surface area (Å²) < 4.78 is 6.00. The van der Waals surface area contributed by atoms with Gasteiger partial charge in [-0.3, -0.25) is 0 Å². The van der Waals surface area contributed by atoms with E-state index in [9.17, 15) is 0 Å². The van der Waals surface area contributed by atoms with Gasteiger partial charge in [0, 0.05) is 12.6 Å². The molecule has 17 heavy (non-hydrogen) atoms. The van der Waals surface area contributed by atoms with Crippen molar-refractivity contribution in [1.82, 2.24) is 4.90 Å². The van der Waals surface area contributed by atoms with Gasteiger partial charge in [0.05, 0.1) is 12.7 Å². The van der Waals surface area contributed by atoms with Crippen LogP contribution in [0.25, 0.3) is 0 Å². The summed E-state index contributed by atoms with van der Waals surface area (Å²) in [5.74, 6) is 0. The average Bonchev–Trinajstić information content (AvgIpc) is 2.41. The molecule has 2 aliphatic carbocycles. The predicted molar refractivity (Wildman–Crippen MR) is 72.3 cm³/mol. The molecule has 2 heteroatoms. The number of likely N-dealkylation sites (N-methyl/N-ethyl adjacent to an activating group) is 1. The highest BCUT2D eigenvalue weighted by atomic mass is 16.5. The van der Waals surface area contributed by atoms with Crippen molar-refractivity contribution in [3.63, 3.8) is 0 Å². The molecule has 0 heterocycles. The second-order valence-electron chi connectivity index (χ2n) is 5.90. The van der Waals surface area contributed by atoms with Crippen molar-refractivity contribution in [2.45, 2.75) is 76.4 Å². The molecule has 0 radical (unpaired) electrons. The Morgan fingerprint density at radius 2 is 1.47 bits per heavy atom. The molecule has 2 rings (SSSR count). The number of rotatable bonds is 5. The molecule has 0 amide bonds. The van der Waals surface area contributed by atoms with Gasteiger partial charge in [0.1, 0.15) is 0 Å². The summed E-state index contributed by atoms with van der Waals surface area (Å²) in [5.41, 5.74) is 0. The molecule has 0 saturated heterocycles. The summed E-state index contributed by atoms with van der Waals surface area (Å²) in [5, 5.41) is 0. The van der Waals surface area contributed by atoms with Crippen LogP contribution in [-0.2, 0) is 4.74 Å². The molecule has 0 N–H and O–H groups in total. The maximum Gasteiger partial charge on any atom is 0.0597 e. The minimum absolute atomic E-state index is 0.573. The van der Waals surface area contributed by atoms with Gasteiger partial charge < -0.3 is 9.64 Å². The molecule has 0 aromatic rings. The largest absolute Gasteiger partial charge is 0.377 e. The fraction of sp³-hybridized carbons (Fsp3) is 1.00. The van der Waals surface area contributed by atoms with Crippen LogP contribution in [0.2, 0.25) is 0 Å². The first kappa shape index (κ1) is 13.4. The lowest BCUT2D eigenvalue weighted by Gasteiger charge is -2.31. The third kappa shape index (κ3) is 4.59. The minimum Gasteiger partial charge on any atom is -0.377 e.